The molecule has 1 atom stereocenters. The van der Waals surface area contributed by atoms with Crippen LogP contribution in [-0.4, -0.2) is 17.8 Å². The number of ether oxygens (including phenoxy) is 1. The molecule has 17 heavy (non-hydrogen) atoms. The van der Waals surface area contributed by atoms with Crippen molar-refractivity contribution >= 4 is 17.2 Å². The molecule has 1 aromatic carbocycles. The molecule has 1 aliphatic heterocycles. The fraction of sp³-hybridized carbons (Fsp3) is 0.300. The first-order valence-corrected chi connectivity index (χ1v) is 5.04. The average molecular weight is 265 g/mol. The van der Waals surface area contributed by atoms with Gasteiger partial charge in [0.15, 0.2) is 0 Å². The number of halogens is 4. The van der Waals surface area contributed by atoms with E-state index < -0.39 is 23.3 Å². The van der Waals surface area contributed by atoms with E-state index >= 15 is 0 Å². The third kappa shape index (κ3) is 1.89. The summed E-state index contributed by atoms with van der Waals surface area (Å²) in [7, 11) is 0. The zero-order valence-electron chi connectivity index (χ0n) is 8.34. The van der Waals surface area contributed by atoms with Crippen molar-refractivity contribution < 1.29 is 22.3 Å². The van der Waals surface area contributed by atoms with E-state index in [1.54, 1.807) is 0 Å². The minimum Gasteiger partial charge on any atom is -0.339 e. The normalized spacial score (nSPS) is 24.8. The minimum atomic E-state index is -4.81. The second kappa shape index (κ2) is 3.92. The SMILES string of the molecule is Fc1ccccc1C1(C(F)(F)F)NC(=S)CO1. The van der Waals surface area contributed by atoms with Gasteiger partial charge >= 0.3 is 6.18 Å². The van der Waals surface area contributed by atoms with Gasteiger partial charge in [0.05, 0.1) is 0 Å². The summed E-state index contributed by atoms with van der Waals surface area (Å²) in [5.41, 5.74) is -3.50. The monoisotopic (exact) mass is 265 g/mol. The number of hydrogen-bond acceptors (Lipinski definition) is 2. The summed E-state index contributed by atoms with van der Waals surface area (Å²) in [6.07, 6.45) is -4.81. The highest BCUT2D eigenvalue weighted by molar-refractivity contribution is 7.80. The van der Waals surface area contributed by atoms with Crippen LogP contribution in [0.5, 0.6) is 0 Å². The summed E-state index contributed by atoms with van der Waals surface area (Å²) in [6.45, 7) is -0.386. The summed E-state index contributed by atoms with van der Waals surface area (Å²) in [6, 6.07) is 4.56. The molecular formula is C10H7F4NOS. The predicted octanol–water partition coefficient (Wildman–Crippen LogP) is 2.49. The summed E-state index contributed by atoms with van der Waals surface area (Å²) >= 11 is 4.62. The van der Waals surface area contributed by atoms with Gasteiger partial charge < -0.3 is 10.1 Å². The van der Waals surface area contributed by atoms with Gasteiger partial charge in [-0.3, -0.25) is 0 Å². The molecule has 0 aromatic heterocycles. The molecule has 2 nitrogen and oxygen atoms in total. The molecule has 0 saturated carbocycles. The van der Waals surface area contributed by atoms with E-state index in [4.69, 9.17) is 0 Å². The van der Waals surface area contributed by atoms with Gasteiger partial charge in [0, 0.05) is 5.56 Å². The summed E-state index contributed by atoms with van der Waals surface area (Å²) in [5, 5.41) is 2.01. The van der Waals surface area contributed by atoms with Gasteiger partial charge in [0.25, 0.3) is 5.72 Å². The molecule has 0 radical (unpaired) electrons. The molecule has 1 aromatic rings. The van der Waals surface area contributed by atoms with Crippen molar-refractivity contribution in [2.24, 2.45) is 0 Å². The van der Waals surface area contributed by atoms with Crippen molar-refractivity contribution in [3.63, 3.8) is 0 Å². The van der Waals surface area contributed by atoms with Crippen LogP contribution in [0.25, 0.3) is 0 Å². The Bertz CT molecular complexity index is 462. The maximum Gasteiger partial charge on any atom is 0.441 e. The highest BCUT2D eigenvalue weighted by atomic mass is 32.1. The van der Waals surface area contributed by atoms with Crippen LogP contribution in [0.4, 0.5) is 17.6 Å². The smallest absolute Gasteiger partial charge is 0.339 e. The molecule has 1 heterocycles. The number of nitrogens with one attached hydrogen (secondary N) is 1. The van der Waals surface area contributed by atoms with Gasteiger partial charge in [-0.1, -0.05) is 30.4 Å². The topological polar surface area (TPSA) is 21.3 Å². The van der Waals surface area contributed by atoms with E-state index in [0.717, 1.165) is 12.1 Å². The number of rotatable bonds is 1. The van der Waals surface area contributed by atoms with E-state index in [2.05, 4.69) is 17.0 Å². The molecule has 0 amide bonds. The van der Waals surface area contributed by atoms with Gasteiger partial charge in [-0.25, -0.2) is 4.39 Å². The van der Waals surface area contributed by atoms with E-state index in [0.29, 0.717) is 0 Å². The van der Waals surface area contributed by atoms with Crippen LogP contribution >= 0.6 is 12.2 Å². The highest BCUT2D eigenvalue weighted by Gasteiger charge is 2.61. The first-order valence-electron chi connectivity index (χ1n) is 4.63. The summed E-state index contributed by atoms with van der Waals surface area (Å²) in [4.78, 5) is -0.106. The van der Waals surface area contributed by atoms with Crippen LogP contribution in [0.3, 0.4) is 0 Å². The lowest BCUT2D eigenvalue weighted by molar-refractivity contribution is -0.278. The van der Waals surface area contributed by atoms with Crippen LogP contribution in [0.2, 0.25) is 0 Å². The largest absolute Gasteiger partial charge is 0.441 e. The van der Waals surface area contributed by atoms with Crippen LogP contribution in [0.15, 0.2) is 24.3 Å². The predicted molar refractivity (Wildman–Crippen MR) is 55.8 cm³/mol. The van der Waals surface area contributed by atoms with E-state index in [1.807, 2.05) is 5.32 Å². The molecule has 0 spiro atoms. The summed E-state index contributed by atoms with van der Waals surface area (Å²) < 4.78 is 57.3. The van der Waals surface area contributed by atoms with E-state index in [9.17, 15) is 17.6 Å². The Morgan fingerprint density at radius 1 is 1.29 bits per heavy atom. The van der Waals surface area contributed by atoms with E-state index in [-0.39, 0.29) is 11.6 Å². The van der Waals surface area contributed by atoms with Gasteiger partial charge in [-0.2, -0.15) is 13.2 Å². The number of hydrogen-bond donors (Lipinski definition) is 1. The molecule has 2 rings (SSSR count). The quantitative estimate of drug-likeness (QED) is 0.622. The Kier molecular flexibility index (Phi) is 2.82. The third-order valence-corrected chi connectivity index (χ3v) is 2.61. The van der Waals surface area contributed by atoms with Gasteiger partial charge in [-0.05, 0) is 6.07 Å². The Morgan fingerprint density at radius 2 is 1.94 bits per heavy atom. The number of alkyl halides is 3. The molecule has 0 aliphatic carbocycles. The number of thiocarbonyl (C=S) groups is 1. The first-order chi connectivity index (χ1) is 7.87. The zero-order chi connectivity index (χ0) is 12.7. The van der Waals surface area contributed by atoms with Gasteiger partial charge in [-0.15, -0.1) is 0 Å². The average Bonchev–Trinajstić information content (AvgIpc) is 2.61. The standard InChI is InChI=1S/C10H7F4NOS/c11-7-4-2-1-3-6(7)9(10(12,13)14)15-8(17)5-16-9/h1-4H,5H2,(H,15,17). The lowest BCUT2D eigenvalue weighted by Crippen LogP contribution is -2.52. The molecule has 92 valence electrons. The van der Waals surface area contributed by atoms with Crippen molar-refractivity contribution in [3.05, 3.63) is 35.6 Å². The zero-order valence-corrected chi connectivity index (χ0v) is 9.16. The third-order valence-electron chi connectivity index (χ3n) is 2.39. The van der Waals surface area contributed by atoms with Crippen LogP contribution in [-0.2, 0) is 10.5 Å². The lowest BCUT2D eigenvalue weighted by Gasteiger charge is -2.31. The van der Waals surface area contributed by atoms with Crippen molar-refractivity contribution in [3.8, 4) is 0 Å². The van der Waals surface area contributed by atoms with Crippen LogP contribution in [0, 0.1) is 5.82 Å². The van der Waals surface area contributed by atoms with Gasteiger partial charge in [0.1, 0.15) is 17.4 Å². The molecule has 1 fully saturated rings. The second-order valence-corrected chi connectivity index (χ2v) is 3.99. The second-order valence-electron chi connectivity index (χ2n) is 3.50. The number of benzene rings is 1. The lowest BCUT2D eigenvalue weighted by atomic mass is 10.0. The molecular weight excluding hydrogens is 258 g/mol. The maximum atomic E-state index is 13.5. The fourth-order valence-electron chi connectivity index (χ4n) is 1.64. The van der Waals surface area contributed by atoms with Crippen molar-refractivity contribution in [1.29, 1.82) is 0 Å². The Morgan fingerprint density at radius 3 is 2.41 bits per heavy atom. The fourth-order valence-corrected chi connectivity index (χ4v) is 1.84. The molecule has 0 bridgehead atoms. The molecule has 1 N–H and O–H groups in total. The molecule has 1 aliphatic rings. The summed E-state index contributed by atoms with van der Waals surface area (Å²) in [5.74, 6) is -0.998. The van der Waals surface area contributed by atoms with E-state index in [1.165, 1.54) is 12.1 Å². The Hall–Kier alpha value is -1.21. The molecule has 7 heteroatoms. The molecule has 1 saturated heterocycles. The highest BCUT2D eigenvalue weighted by Crippen LogP contribution is 2.43. The Labute approximate surface area is 99.6 Å². The molecule has 1 unspecified atom stereocenters. The van der Waals surface area contributed by atoms with Crippen LogP contribution < -0.4 is 5.32 Å². The van der Waals surface area contributed by atoms with Crippen molar-refractivity contribution in [2.45, 2.75) is 11.9 Å². The Balaban J connectivity index is 2.57. The van der Waals surface area contributed by atoms with Gasteiger partial charge in [0.2, 0.25) is 0 Å². The maximum absolute atomic E-state index is 13.5. The minimum absolute atomic E-state index is 0.106. The van der Waals surface area contributed by atoms with Crippen LogP contribution in [0.1, 0.15) is 5.56 Å². The van der Waals surface area contributed by atoms with Crippen molar-refractivity contribution in [2.75, 3.05) is 6.61 Å². The van der Waals surface area contributed by atoms with Crippen molar-refractivity contribution in [1.82, 2.24) is 5.32 Å². The first kappa shape index (κ1) is 12.3.